The van der Waals surface area contributed by atoms with Gasteiger partial charge >= 0.3 is 6.09 Å². The Balaban J connectivity index is 2.88. The third-order valence-electron chi connectivity index (χ3n) is 5.19. The molecule has 3 atom stereocenters. The third-order valence-corrected chi connectivity index (χ3v) is 5.50. The lowest BCUT2D eigenvalue weighted by Gasteiger charge is -2.26. The first-order valence-electron chi connectivity index (χ1n) is 12.2. The lowest BCUT2D eigenvalue weighted by Crippen LogP contribution is -2.56. The molecule has 3 N–H and O–H groups in total. The Hall–Kier alpha value is -2.55. The van der Waals surface area contributed by atoms with E-state index in [4.69, 9.17) is 4.74 Å². The molecule has 8 nitrogen and oxygen atoms in total. The standard InChI is InChI=1S/C26H41N3O5S/c1-16(2)12-20(23(30)28-22(25(32)35)14-18(5)6)27-24(31)21(13-17(3)4)29-26(33)34-15-19-10-8-7-9-11-19/h7-11,16-18,20-22H,12-15H2,1-6H3,(H,27,31)(H,28,30)(H,29,33)(H,32,35)/t20-,21-,22-/m0/s1. The van der Waals surface area contributed by atoms with E-state index in [9.17, 15) is 19.2 Å². The smallest absolute Gasteiger partial charge is 0.408 e. The maximum absolute atomic E-state index is 13.1. The molecule has 0 bridgehead atoms. The van der Waals surface area contributed by atoms with E-state index in [0.717, 1.165) is 5.56 Å². The molecule has 9 heteroatoms. The normalized spacial score (nSPS) is 13.8. The first-order chi connectivity index (χ1) is 16.4. The monoisotopic (exact) mass is 507 g/mol. The summed E-state index contributed by atoms with van der Waals surface area (Å²) in [7, 11) is 0. The highest BCUT2D eigenvalue weighted by atomic mass is 32.1. The molecule has 1 rings (SSSR count). The zero-order chi connectivity index (χ0) is 26.5. The number of carbonyl (C=O) groups excluding carboxylic acids is 4. The Bertz CT molecular complexity index is 830. The molecule has 1 aromatic carbocycles. The van der Waals surface area contributed by atoms with E-state index < -0.39 is 41.1 Å². The van der Waals surface area contributed by atoms with Gasteiger partial charge in [-0.25, -0.2) is 4.79 Å². The molecule has 0 radical (unpaired) electrons. The van der Waals surface area contributed by atoms with Crippen molar-refractivity contribution in [3.8, 4) is 0 Å². The number of hydrogen-bond acceptors (Lipinski definition) is 5. The Morgan fingerprint density at radius 2 is 1.14 bits per heavy atom. The molecule has 0 aliphatic rings. The number of thiol groups is 1. The van der Waals surface area contributed by atoms with Crippen LogP contribution in [0.5, 0.6) is 0 Å². The minimum Gasteiger partial charge on any atom is -0.445 e. The van der Waals surface area contributed by atoms with E-state index in [-0.39, 0.29) is 24.4 Å². The first kappa shape index (κ1) is 30.5. The maximum atomic E-state index is 13.1. The molecule has 35 heavy (non-hydrogen) atoms. The predicted molar refractivity (Wildman–Crippen MR) is 140 cm³/mol. The van der Waals surface area contributed by atoms with Crippen molar-refractivity contribution in [2.24, 2.45) is 17.8 Å². The highest BCUT2D eigenvalue weighted by Crippen LogP contribution is 2.12. The van der Waals surface area contributed by atoms with Crippen molar-refractivity contribution in [3.63, 3.8) is 0 Å². The molecule has 0 aromatic heterocycles. The average molecular weight is 508 g/mol. The Kier molecular flexibility index (Phi) is 13.5. The minimum absolute atomic E-state index is 0.0794. The van der Waals surface area contributed by atoms with Crippen molar-refractivity contribution in [1.29, 1.82) is 0 Å². The van der Waals surface area contributed by atoms with Crippen LogP contribution >= 0.6 is 12.6 Å². The molecule has 0 heterocycles. The van der Waals surface area contributed by atoms with Crippen molar-refractivity contribution < 1.29 is 23.9 Å². The Morgan fingerprint density at radius 1 is 0.714 bits per heavy atom. The average Bonchev–Trinajstić information content (AvgIpc) is 2.76. The summed E-state index contributed by atoms with van der Waals surface area (Å²) in [5.41, 5.74) is 0.830. The van der Waals surface area contributed by atoms with E-state index in [0.29, 0.717) is 19.3 Å². The van der Waals surface area contributed by atoms with Crippen LogP contribution in [0.4, 0.5) is 4.79 Å². The van der Waals surface area contributed by atoms with E-state index in [1.807, 2.05) is 71.9 Å². The lowest BCUT2D eigenvalue weighted by atomic mass is 9.99. The molecular weight excluding hydrogens is 466 g/mol. The van der Waals surface area contributed by atoms with Crippen molar-refractivity contribution >= 4 is 35.7 Å². The van der Waals surface area contributed by atoms with Gasteiger partial charge in [-0.2, -0.15) is 0 Å². The van der Waals surface area contributed by atoms with Gasteiger partial charge in [0, 0.05) is 0 Å². The number of nitrogens with one attached hydrogen (secondary N) is 3. The minimum atomic E-state index is -0.876. The number of carbonyl (C=O) groups is 4. The number of hydrogen-bond donors (Lipinski definition) is 4. The van der Waals surface area contributed by atoms with Crippen molar-refractivity contribution in [2.75, 3.05) is 0 Å². The van der Waals surface area contributed by atoms with Gasteiger partial charge in [-0.05, 0) is 42.6 Å². The van der Waals surface area contributed by atoms with E-state index in [1.54, 1.807) is 0 Å². The van der Waals surface area contributed by atoms with Crippen molar-refractivity contribution in [3.05, 3.63) is 35.9 Å². The number of benzene rings is 1. The molecule has 196 valence electrons. The van der Waals surface area contributed by atoms with Crippen LogP contribution in [-0.2, 0) is 25.7 Å². The van der Waals surface area contributed by atoms with Gasteiger partial charge in [0.25, 0.3) is 0 Å². The summed E-state index contributed by atoms with van der Waals surface area (Å²) in [5, 5.41) is 7.70. The summed E-state index contributed by atoms with van der Waals surface area (Å²) >= 11 is 3.90. The number of alkyl carbamates (subject to hydrolysis) is 1. The number of ether oxygens (including phenoxy) is 1. The summed E-state index contributed by atoms with van der Waals surface area (Å²) in [5.74, 6) is -0.539. The summed E-state index contributed by atoms with van der Waals surface area (Å²) in [6.07, 6.45) is 0.478. The van der Waals surface area contributed by atoms with Gasteiger partial charge in [0.15, 0.2) is 0 Å². The maximum Gasteiger partial charge on any atom is 0.408 e. The second-order valence-corrected chi connectivity index (χ2v) is 10.5. The van der Waals surface area contributed by atoms with E-state index >= 15 is 0 Å². The SMILES string of the molecule is CC(C)C[C@H](NC(=O)[C@H](CC(C)C)NC(=O)[C@H](CC(C)C)NC(=O)OCc1ccccc1)C(=O)S. The van der Waals surface area contributed by atoms with Gasteiger partial charge in [-0.3, -0.25) is 14.4 Å². The molecule has 0 saturated carbocycles. The molecule has 3 amide bonds. The fourth-order valence-electron chi connectivity index (χ4n) is 3.55. The van der Waals surface area contributed by atoms with Gasteiger partial charge in [0.05, 0.1) is 6.04 Å². The van der Waals surface area contributed by atoms with Gasteiger partial charge in [0.1, 0.15) is 18.7 Å². The Morgan fingerprint density at radius 3 is 1.60 bits per heavy atom. The molecule has 0 unspecified atom stereocenters. The molecule has 0 spiro atoms. The van der Waals surface area contributed by atoms with E-state index in [1.165, 1.54) is 0 Å². The number of amides is 3. The van der Waals surface area contributed by atoms with E-state index in [2.05, 4.69) is 28.6 Å². The molecule has 0 aliphatic carbocycles. The highest BCUT2D eigenvalue weighted by molar-refractivity contribution is 7.96. The van der Waals surface area contributed by atoms with Crippen LogP contribution in [0.1, 0.15) is 66.4 Å². The zero-order valence-electron chi connectivity index (χ0n) is 21.7. The highest BCUT2D eigenvalue weighted by Gasteiger charge is 2.30. The fraction of sp³-hybridized carbons (Fsp3) is 0.615. The predicted octanol–water partition coefficient (Wildman–Crippen LogP) is 3.85. The molecule has 1 aromatic rings. The van der Waals surface area contributed by atoms with Crippen LogP contribution in [0.3, 0.4) is 0 Å². The van der Waals surface area contributed by atoms with Crippen molar-refractivity contribution in [2.45, 2.75) is 85.5 Å². The second-order valence-electron chi connectivity index (χ2n) is 10.1. The molecule has 0 aliphatic heterocycles. The van der Waals surface area contributed by atoms with Gasteiger partial charge in [-0.15, -0.1) is 12.6 Å². The first-order valence-corrected chi connectivity index (χ1v) is 12.6. The topological polar surface area (TPSA) is 114 Å². The molecular formula is C26H41N3O5S. The van der Waals surface area contributed by atoms with Crippen LogP contribution in [0.15, 0.2) is 30.3 Å². The zero-order valence-corrected chi connectivity index (χ0v) is 22.6. The van der Waals surface area contributed by atoms with Crippen LogP contribution in [0.25, 0.3) is 0 Å². The van der Waals surface area contributed by atoms with Crippen LogP contribution < -0.4 is 16.0 Å². The Labute approximate surface area is 214 Å². The van der Waals surface area contributed by atoms with Gasteiger partial charge < -0.3 is 20.7 Å². The lowest BCUT2D eigenvalue weighted by molar-refractivity contribution is -0.131. The summed E-state index contributed by atoms with van der Waals surface area (Å²) in [4.78, 5) is 50.4. The largest absolute Gasteiger partial charge is 0.445 e. The second kappa shape index (κ2) is 15.4. The summed E-state index contributed by atoms with van der Waals surface area (Å²) < 4.78 is 5.27. The molecule has 0 saturated heterocycles. The fourth-order valence-corrected chi connectivity index (χ4v) is 3.72. The molecule has 0 fully saturated rings. The summed E-state index contributed by atoms with van der Waals surface area (Å²) in [6, 6.07) is 6.76. The summed E-state index contributed by atoms with van der Waals surface area (Å²) in [6.45, 7) is 11.7. The van der Waals surface area contributed by atoms with Gasteiger partial charge in [0.2, 0.25) is 16.9 Å². The third kappa shape index (κ3) is 12.6. The van der Waals surface area contributed by atoms with Crippen LogP contribution in [0, 0.1) is 17.8 Å². The van der Waals surface area contributed by atoms with Gasteiger partial charge in [-0.1, -0.05) is 71.9 Å². The van der Waals surface area contributed by atoms with Crippen molar-refractivity contribution in [1.82, 2.24) is 16.0 Å². The van der Waals surface area contributed by atoms with Crippen LogP contribution in [-0.4, -0.2) is 41.1 Å². The quantitative estimate of drug-likeness (QED) is 0.286. The number of rotatable bonds is 14. The van der Waals surface area contributed by atoms with Crippen LogP contribution in [0.2, 0.25) is 0 Å².